The molecule has 2 aliphatic rings. The normalized spacial score (nSPS) is 29.5. The van der Waals surface area contributed by atoms with E-state index in [-0.39, 0.29) is 22.8 Å². The first kappa shape index (κ1) is 20.5. The van der Waals surface area contributed by atoms with Gasteiger partial charge in [0, 0.05) is 12.3 Å². The topological polar surface area (TPSA) is 60.4 Å². The second kappa shape index (κ2) is 8.04. The lowest BCUT2D eigenvalue weighted by Crippen LogP contribution is -2.39. The summed E-state index contributed by atoms with van der Waals surface area (Å²) in [5.41, 5.74) is 1.16. The molecule has 150 valence electrons. The summed E-state index contributed by atoms with van der Waals surface area (Å²) >= 11 is 0. The first-order valence-corrected chi connectivity index (χ1v) is 11.6. The molecule has 0 radical (unpaired) electrons. The molecule has 4 nitrogen and oxygen atoms in total. The second-order valence-corrected chi connectivity index (χ2v) is 10.4. The van der Waals surface area contributed by atoms with Crippen molar-refractivity contribution in [3.63, 3.8) is 0 Å². The molecule has 2 aliphatic carbocycles. The summed E-state index contributed by atoms with van der Waals surface area (Å²) in [6.45, 7) is 6.70. The highest BCUT2D eigenvalue weighted by molar-refractivity contribution is 7.86. The molecule has 2 saturated carbocycles. The van der Waals surface area contributed by atoms with Gasteiger partial charge in [0.15, 0.2) is 0 Å². The van der Waals surface area contributed by atoms with Crippen LogP contribution in [-0.4, -0.2) is 20.8 Å². The lowest BCUT2D eigenvalue weighted by Gasteiger charge is -2.42. The van der Waals surface area contributed by atoms with E-state index in [2.05, 4.69) is 13.8 Å². The van der Waals surface area contributed by atoms with Crippen molar-refractivity contribution in [2.45, 2.75) is 70.6 Å². The van der Waals surface area contributed by atoms with Crippen molar-refractivity contribution >= 4 is 15.9 Å². The van der Waals surface area contributed by atoms with Gasteiger partial charge in [-0.1, -0.05) is 31.5 Å². The Labute approximate surface area is 163 Å². The Morgan fingerprint density at radius 1 is 1.22 bits per heavy atom. The van der Waals surface area contributed by atoms with Gasteiger partial charge in [0.1, 0.15) is 5.78 Å². The van der Waals surface area contributed by atoms with E-state index in [0.717, 1.165) is 50.5 Å². The molecule has 0 bridgehead atoms. The molecule has 1 unspecified atom stereocenters. The Hall–Kier alpha value is -1.20. The van der Waals surface area contributed by atoms with Gasteiger partial charge in [-0.3, -0.25) is 8.98 Å². The average Bonchev–Trinajstić information content (AvgIpc) is 2.97. The van der Waals surface area contributed by atoms with E-state index in [1.54, 1.807) is 24.3 Å². The van der Waals surface area contributed by atoms with E-state index >= 15 is 0 Å². The minimum absolute atomic E-state index is 0.142. The number of rotatable bonds is 7. The Morgan fingerprint density at radius 3 is 2.63 bits per heavy atom. The van der Waals surface area contributed by atoms with Crippen molar-refractivity contribution in [3.8, 4) is 0 Å². The van der Waals surface area contributed by atoms with Crippen LogP contribution >= 0.6 is 0 Å². The number of fused-ring (bicyclic) bond motifs is 1. The van der Waals surface area contributed by atoms with Crippen molar-refractivity contribution < 1.29 is 17.4 Å². The average molecular weight is 393 g/mol. The van der Waals surface area contributed by atoms with Gasteiger partial charge in [-0.2, -0.15) is 8.42 Å². The van der Waals surface area contributed by atoms with Gasteiger partial charge >= 0.3 is 0 Å². The van der Waals surface area contributed by atoms with Crippen molar-refractivity contribution in [2.24, 2.45) is 23.2 Å². The van der Waals surface area contributed by atoms with Crippen molar-refractivity contribution in [3.05, 3.63) is 29.8 Å². The summed E-state index contributed by atoms with van der Waals surface area (Å²) in [7, 11) is -3.68. The van der Waals surface area contributed by atoms with Crippen LogP contribution in [0.2, 0.25) is 0 Å². The predicted molar refractivity (Wildman–Crippen MR) is 106 cm³/mol. The summed E-state index contributed by atoms with van der Waals surface area (Å²) in [4.78, 5) is 12.5. The Bertz CT molecular complexity index is 768. The molecule has 3 rings (SSSR count). The highest BCUT2D eigenvalue weighted by Gasteiger charge is 2.52. The molecule has 0 aliphatic heterocycles. The minimum atomic E-state index is -3.68. The number of carbonyl (C=O) groups excluding carboxylic acids is 1. The third kappa shape index (κ3) is 4.29. The Kier molecular flexibility index (Phi) is 6.11. The van der Waals surface area contributed by atoms with E-state index in [0.29, 0.717) is 17.6 Å². The molecule has 4 atom stereocenters. The highest BCUT2D eigenvalue weighted by Crippen LogP contribution is 2.57. The first-order valence-electron chi connectivity index (χ1n) is 10.2. The van der Waals surface area contributed by atoms with E-state index in [1.807, 2.05) is 6.92 Å². The summed E-state index contributed by atoms with van der Waals surface area (Å²) in [6.07, 6.45) is 6.73. The number of Topliss-reactive ketones (excluding diaryl/α,β-unsaturated/α-hetero) is 1. The Morgan fingerprint density at radius 2 is 1.93 bits per heavy atom. The highest BCUT2D eigenvalue weighted by atomic mass is 32.2. The van der Waals surface area contributed by atoms with Crippen LogP contribution in [0.1, 0.15) is 64.4 Å². The van der Waals surface area contributed by atoms with Gasteiger partial charge in [-0.05, 0) is 74.8 Å². The molecule has 0 heterocycles. The molecule has 0 amide bonds. The fourth-order valence-electron chi connectivity index (χ4n) is 5.45. The lowest BCUT2D eigenvalue weighted by atomic mass is 9.62. The van der Waals surface area contributed by atoms with Crippen LogP contribution < -0.4 is 0 Å². The van der Waals surface area contributed by atoms with Gasteiger partial charge < -0.3 is 0 Å². The maximum Gasteiger partial charge on any atom is 0.296 e. The van der Waals surface area contributed by atoms with E-state index in [9.17, 15) is 13.2 Å². The number of aryl methyl sites for hydroxylation is 1. The van der Waals surface area contributed by atoms with E-state index in [1.165, 1.54) is 0 Å². The van der Waals surface area contributed by atoms with Gasteiger partial charge in [0.25, 0.3) is 10.1 Å². The molecule has 0 N–H and O–H groups in total. The standard InChI is InChI=1S/C22H32O4S/c1-16-8-10-18(11-9-16)27(24,25)26-15-5-6-17(2)19-12-13-20-21(23)7-4-14-22(19,20)3/h8-11,17,19-20H,4-7,12-15H2,1-3H3/t17-,19-,20?,22-/m1/s1. The number of benzene rings is 1. The molecule has 1 aromatic carbocycles. The van der Waals surface area contributed by atoms with Crippen LogP contribution in [0.15, 0.2) is 29.2 Å². The molecule has 0 saturated heterocycles. The molecule has 5 heteroatoms. The number of hydrogen-bond acceptors (Lipinski definition) is 4. The van der Waals surface area contributed by atoms with Gasteiger partial charge in [0.05, 0.1) is 11.5 Å². The maximum atomic E-state index is 12.3. The summed E-state index contributed by atoms with van der Waals surface area (Å²) in [5.74, 6) is 1.75. The Balaban J connectivity index is 1.50. The third-order valence-electron chi connectivity index (χ3n) is 6.98. The molecule has 1 aromatic rings. The fraction of sp³-hybridized carbons (Fsp3) is 0.682. The smallest absolute Gasteiger partial charge is 0.296 e. The van der Waals surface area contributed by atoms with Crippen LogP contribution in [0.3, 0.4) is 0 Å². The predicted octanol–water partition coefficient (Wildman–Crippen LogP) is 4.90. The number of ketones is 1. The fourth-order valence-corrected chi connectivity index (χ4v) is 6.40. The summed E-state index contributed by atoms with van der Waals surface area (Å²) in [5, 5.41) is 0. The van der Waals surface area contributed by atoms with Crippen LogP contribution in [-0.2, 0) is 19.1 Å². The molecule has 27 heavy (non-hydrogen) atoms. The molecular weight excluding hydrogens is 360 g/mol. The van der Waals surface area contributed by atoms with Crippen LogP contribution in [0, 0.1) is 30.1 Å². The third-order valence-corrected chi connectivity index (χ3v) is 8.30. The number of hydrogen-bond donors (Lipinski definition) is 0. The summed E-state index contributed by atoms with van der Waals surface area (Å²) < 4.78 is 29.8. The second-order valence-electron chi connectivity index (χ2n) is 8.77. The molecule has 0 spiro atoms. The molecular formula is C22H32O4S. The minimum Gasteiger partial charge on any atom is -0.299 e. The van der Waals surface area contributed by atoms with Crippen LogP contribution in [0.25, 0.3) is 0 Å². The van der Waals surface area contributed by atoms with Crippen molar-refractivity contribution in [1.29, 1.82) is 0 Å². The monoisotopic (exact) mass is 392 g/mol. The zero-order valence-electron chi connectivity index (χ0n) is 16.7. The lowest BCUT2D eigenvalue weighted by molar-refractivity contribution is -0.130. The van der Waals surface area contributed by atoms with Crippen molar-refractivity contribution in [1.82, 2.24) is 0 Å². The summed E-state index contributed by atoms with van der Waals surface area (Å²) in [6, 6.07) is 6.74. The van der Waals surface area contributed by atoms with Gasteiger partial charge in [-0.25, -0.2) is 0 Å². The SMILES string of the molecule is Cc1ccc(S(=O)(=O)OCCC[C@@H](C)[C@H]2CCC3C(=O)CCC[C@@]32C)cc1. The van der Waals surface area contributed by atoms with E-state index in [4.69, 9.17) is 4.18 Å². The molecule has 2 fully saturated rings. The quantitative estimate of drug-likeness (QED) is 0.489. The number of carbonyl (C=O) groups is 1. The zero-order chi connectivity index (χ0) is 19.7. The van der Waals surface area contributed by atoms with Crippen molar-refractivity contribution in [2.75, 3.05) is 6.61 Å². The van der Waals surface area contributed by atoms with E-state index < -0.39 is 10.1 Å². The zero-order valence-corrected chi connectivity index (χ0v) is 17.6. The maximum absolute atomic E-state index is 12.3. The molecule has 0 aromatic heterocycles. The van der Waals surface area contributed by atoms with Gasteiger partial charge in [-0.15, -0.1) is 0 Å². The van der Waals surface area contributed by atoms with Crippen LogP contribution in [0.5, 0.6) is 0 Å². The van der Waals surface area contributed by atoms with Crippen LogP contribution in [0.4, 0.5) is 0 Å². The largest absolute Gasteiger partial charge is 0.299 e. The van der Waals surface area contributed by atoms with Gasteiger partial charge in [0.2, 0.25) is 0 Å². The first-order chi connectivity index (χ1) is 12.7.